The molecule has 2 aliphatic rings. The van der Waals surface area contributed by atoms with E-state index < -0.39 is 17.7 Å². The number of Topliss-reactive ketones (excluding diaryl/α,β-unsaturated/α-hetero) is 1. The first kappa shape index (κ1) is 27.3. The maximum absolute atomic E-state index is 13.5. The summed E-state index contributed by atoms with van der Waals surface area (Å²) in [6.45, 7) is 1.97. The monoisotopic (exact) mass is 605 g/mol. The third kappa shape index (κ3) is 5.18. The molecule has 1 amide bonds. The lowest BCUT2D eigenvalue weighted by Crippen LogP contribution is -2.29. The number of methoxy groups -OCH3 is 1. The van der Waals surface area contributed by atoms with Gasteiger partial charge in [0.25, 0.3) is 5.78 Å². The van der Waals surface area contributed by atoms with Crippen LogP contribution < -0.4 is 14.4 Å². The lowest BCUT2D eigenvalue weighted by atomic mass is 9.94. The van der Waals surface area contributed by atoms with Crippen molar-refractivity contribution >= 4 is 57.3 Å². The SMILES string of the molecule is COc1ccc(C2/C(=C(\O)c3ccc4c(c3)CC(C)O4)C(=O)C(=O)N2c2nnc(SCc3ccccc3Cl)s2)cc1. The number of amides is 1. The molecule has 208 valence electrons. The molecular formula is C30H24ClN3O5S2. The van der Waals surface area contributed by atoms with E-state index >= 15 is 0 Å². The molecule has 0 radical (unpaired) electrons. The fraction of sp³-hybridized carbons (Fsp3) is 0.200. The third-order valence-corrected chi connectivity index (χ3v) is 9.43. The molecule has 0 aliphatic carbocycles. The Morgan fingerprint density at radius 1 is 1.15 bits per heavy atom. The molecule has 6 rings (SSSR count). The number of nitrogens with zero attached hydrogens (tertiary/aromatic N) is 3. The van der Waals surface area contributed by atoms with Crippen molar-refractivity contribution in [1.82, 2.24) is 10.2 Å². The van der Waals surface area contributed by atoms with Crippen LogP contribution in [0.2, 0.25) is 5.02 Å². The van der Waals surface area contributed by atoms with Crippen LogP contribution in [0.15, 0.2) is 76.6 Å². The van der Waals surface area contributed by atoms with Crippen LogP contribution >= 0.6 is 34.7 Å². The Bertz CT molecular complexity index is 1690. The second kappa shape index (κ2) is 11.2. The molecule has 3 aromatic carbocycles. The standard InChI is InChI=1S/C30H24ClN3O5S2/c1-16-13-20-14-18(9-12-23(20)39-16)26(35)24-25(17-7-10-21(38-2)11-8-17)34(28(37)27(24)36)29-32-33-30(41-29)40-15-19-5-3-4-6-22(19)31/h3-12,14,16,25,35H,13,15H2,1-2H3/b26-24+. The molecule has 2 aliphatic heterocycles. The fourth-order valence-corrected chi connectivity index (χ4v) is 7.12. The van der Waals surface area contributed by atoms with Crippen molar-refractivity contribution in [1.29, 1.82) is 0 Å². The number of aromatic nitrogens is 2. The summed E-state index contributed by atoms with van der Waals surface area (Å²) in [5.41, 5.74) is 2.91. The van der Waals surface area contributed by atoms with Gasteiger partial charge in [0.15, 0.2) is 4.34 Å². The normalized spacial score (nSPS) is 19.3. The highest BCUT2D eigenvalue weighted by molar-refractivity contribution is 8.00. The number of aliphatic hydroxyl groups is 1. The van der Waals surface area contributed by atoms with Gasteiger partial charge in [-0.05, 0) is 60.0 Å². The fourth-order valence-electron chi connectivity index (χ4n) is 4.97. The number of benzene rings is 3. The Labute approximate surface area is 249 Å². The number of hydrogen-bond donors (Lipinski definition) is 1. The highest BCUT2D eigenvalue weighted by atomic mass is 35.5. The first-order valence-electron chi connectivity index (χ1n) is 12.8. The third-order valence-electron chi connectivity index (χ3n) is 6.96. The van der Waals surface area contributed by atoms with Crippen LogP contribution in [0.1, 0.15) is 35.2 Å². The molecule has 41 heavy (non-hydrogen) atoms. The van der Waals surface area contributed by atoms with Gasteiger partial charge in [-0.2, -0.15) is 0 Å². The molecule has 1 N–H and O–H groups in total. The zero-order valence-electron chi connectivity index (χ0n) is 22.0. The molecule has 1 saturated heterocycles. The molecule has 0 spiro atoms. The molecule has 0 bridgehead atoms. The van der Waals surface area contributed by atoms with Crippen LogP contribution in [-0.4, -0.2) is 40.2 Å². The number of carbonyl (C=O) groups excluding carboxylic acids is 2. The lowest BCUT2D eigenvalue weighted by molar-refractivity contribution is -0.132. The minimum Gasteiger partial charge on any atom is -0.507 e. The zero-order valence-corrected chi connectivity index (χ0v) is 24.4. The molecule has 8 nitrogen and oxygen atoms in total. The Morgan fingerprint density at radius 3 is 2.68 bits per heavy atom. The molecule has 0 saturated carbocycles. The van der Waals surface area contributed by atoms with E-state index in [0.29, 0.717) is 38.4 Å². The van der Waals surface area contributed by atoms with E-state index in [1.165, 1.54) is 28.0 Å². The van der Waals surface area contributed by atoms with Crippen LogP contribution in [0, 0.1) is 0 Å². The smallest absolute Gasteiger partial charge is 0.301 e. The van der Waals surface area contributed by atoms with Crippen LogP contribution in [0.5, 0.6) is 11.5 Å². The first-order valence-corrected chi connectivity index (χ1v) is 15.0. The van der Waals surface area contributed by atoms with Crippen LogP contribution in [0.3, 0.4) is 0 Å². The van der Waals surface area contributed by atoms with Gasteiger partial charge in [-0.25, -0.2) is 0 Å². The maximum atomic E-state index is 13.5. The number of ketones is 1. The van der Waals surface area contributed by atoms with Gasteiger partial charge in [0.05, 0.1) is 18.7 Å². The largest absolute Gasteiger partial charge is 0.507 e. The van der Waals surface area contributed by atoms with E-state index in [4.69, 9.17) is 21.1 Å². The Balaban J connectivity index is 1.39. The number of ether oxygens (including phenoxy) is 2. The molecule has 1 fully saturated rings. The molecule has 3 heterocycles. The second-order valence-electron chi connectivity index (χ2n) is 9.63. The van der Waals surface area contributed by atoms with Crippen molar-refractivity contribution in [2.75, 3.05) is 12.0 Å². The van der Waals surface area contributed by atoms with Crippen molar-refractivity contribution in [3.8, 4) is 11.5 Å². The van der Waals surface area contributed by atoms with E-state index in [9.17, 15) is 14.7 Å². The quantitative estimate of drug-likeness (QED) is 0.0844. The Kier molecular flexibility index (Phi) is 7.46. The summed E-state index contributed by atoms with van der Waals surface area (Å²) in [6, 6.07) is 18.9. The van der Waals surface area contributed by atoms with Crippen LogP contribution in [0.4, 0.5) is 5.13 Å². The predicted octanol–water partition coefficient (Wildman–Crippen LogP) is 6.44. The van der Waals surface area contributed by atoms with E-state index in [1.54, 1.807) is 49.6 Å². The van der Waals surface area contributed by atoms with E-state index in [0.717, 1.165) is 16.9 Å². The molecular weight excluding hydrogens is 582 g/mol. The number of hydrogen-bond acceptors (Lipinski definition) is 9. The molecule has 2 atom stereocenters. The highest BCUT2D eigenvalue weighted by Gasteiger charge is 2.48. The van der Waals surface area contributed by atoms with E-state index in [1.807, 2.05) is 31.2 Å². The summed E-state index contributed by atoms with van der Waals surface area (Å²) in [6.07, 6.45) is 0.709. The molecule has 4 aromatic rings. The highest BCUT2D eigenvalue weighted by Crippen LogP contribution is 2.45. The summed E-state index contributed by atoms with van der Waals surface area (Å²) < 4.78 is 11.7. The minimum atomic E-state index is -0.918. The Morgan fingerprint density at radius 2 is 1.93 bits per heavy atom. The van der Waals surface area contributed by atoms with Crippen molar-refractivity contribution < 1.29 is 24.2 Å². The molecule has 11 heteroatoms. The van der Waals surface area contributed by atoms with Gasteiger partial charge in [-0.1, -0.05) is 65.0 Å². The zero-order chi connectivity index (χ0) is 28.7. The van der Waals surface area contributed by atoms with Gasteiger partial charge < -0.3 is 14.6 Å². The van der Waals surface area contributed by atoms with Gasteiger partial charge in [0, 0.05) is 22.8 Å². The number of aliphatic hydroxyl groups excluding tert-OH is 1. The van der Waals surface area contributed by atoms with Crippen molar-refractivity contribution in [3.05, 3.63) is 99.6 Å². The molecule has 1 aromatic heterocycles. The van der Waals surface area contributed by atoms with Crippen LogP contribution in [-0.2, 0) is 21.8 Å². The van der Waals surface area contributed by atoms with Gasteiger partial charge in [0.1, 0.15) is 23.4 Å². The summed E-state index contributed by atoms with van der Waals surface area (Å²) in [5.74, 6) is 0.0879. The summed E-state index contributed by atoms with van der Waals surface area (Å²) >= 11 is 8.93. The van der Waals surface area contributed by atoms with Crippen molar-refractivity contribution in [2.24, 2.45) is 0 Å². The van der Waals surface area contributed by atoms with Gasteiger partial charge in [-0.3, -0.25) is 14.5 Å². The number of thioether (sulfide) groups is 1. The van der Waals surface area contributed by atoms with Gasteiger partial charge in [-0.15, -0.1) is 10.2 Å². The second-order valence-corrected chi connectivity index (χ2v) is 12.2. The van der Waals surface area contributed by atoms with Crippen LogP contribution in [0.25, 0.3) is 5.76 Å². The van der Waals surface area contributed by atoms with Crippen molar-refractivity contribution in [2.45, 2.75) is 35.6 Å². The number of carbonyl (C=O) groups is 2. The van der Waals surface area contributed by atoms with E-state index in [2.05, 4.69) is 10.2 Å². The van der Waals surface area contributed by atoms with Gasteiger partial charge in [0.2, 0.25) is 5.13 Å². The first-order chi connectivity index (χ1) is 19.8. The number of fused-ring (bicyclic) bond motifs is 1. The topological polar surface area (TPSA) is 102 Å². The predicted molar refractivity (Wildman–Crippen MR) is 159 cm³/mol. The summed E-state index contributed by atoms with van der Waals surface area (Å²) in [5, 5.41) is 21.0. The van der Waals surface area contributed by atoms with E-state index in [-0.39, 0.29) is 22.6 Å². The van der Waals surface area contributed by atoms with Crippen molar-refractivity contribution in [3.63, 3.8) is 0 Å². The average Bonchev–Trinajstić information content (AvgIpc) is 3.67. The summed E-state index contributed by atoms with van der Waals surface area (Å²) in [7, 11) is 1.56. The van der Waals surface area contributed by atoms with Gasteiger partial charge >= 0.3 is 5.91 Å². The Hall–Kier alpha value is -3.86. The molecule has 2 unspecified atom stereocenters. The number of anilines is 1. The average molecular weight is 606 g/mol. The minimum absolute atomic E-state index is 0.0208. The maximum Gasteiger partial charge on any atom is 0.301 e. The number of halogens is 1. The summed E-state index contributed by atoms with van der Waals surface area (Å²) in [4.78, 5) is 28.4. The lowest BCUT2D eigenvalue weighted by Gasteiger charge is -2.22. The number of rotatable bonds is 7.